The van der Waals surface area contributed by atoms with Gasteiger partial charge in [-0.3, -0.25) is 4.79 Å². The maximum absolute atomic E-state index is 11.8. The van der Waals surface area contributed by atoms with Crippen molar-refractivity contribution in [3.8, 4) is 0 Å². The largest absolute Gasteiger partial charge is 0.390 e. The van der Waals surface area contributed by atoms with Crippen molar-refractivity contribution in [1.29, 1.82) is 0 Å². The summed E-state index contributed by atoms with van der Waals surface area (Å²) in [5.41, 5.74) is 1.44. The second-order valence-electron chi connectivity index (χ2n) is 4.41. The number of nitrogens with one attached hydrogen (secondary N) is 1. The molecule has 0 bridgehead atoms. The first kappa shape index (κ1) is 15.9. The first-order valence-corrected chi connectivity index (χ1v) is 7.76. The van der Waals surface area contributed by atoms with E-state index < -0.39 is 0 Å². The van der Waals surface area contributed by atoms with Crippen LogP contribution in [-0.4, -0.2) is 26.3 Å². The number of thioether (sulfide) groups is 1. The summed E-state index contributed by atoms with van der Waals surface area (Å²) in [6.45, 7) is -0.0423. The van der Waals surface area contributed by atoms with Crippen LogP contribution in [0.5, 0.6) is 0 Å². The molecule has 2 N–H and O–H groups in total. The van der Waals surface area contributed by atoms with Gasteiger partial charge >= 0.3 is 0 Å². The molecular weight excluding hydrogens is 310 g/mol. The van der Waals surface area contributed by atoms with Crippen LogP contribution in [0, 0.1) is 0 Å². The highest BCUT2D eigenvalue weighted by Gasteiger charge is 2.08. The summed E-state index contributed by atoms with van der Waals surface area (Å²) in [5, 5.41) is 13.3. The number of carbonyl (C=O) groups is 1. The topological polar surface area (TPSA) is 67.1 Å². The molecule has 2 aromatic rings. The van der Waals surface area contributed by atoms with Crippen LogP contribution >= 0.6 is 23.4 Å². The van der Waals surface area contributed by atoms with Crippen LogP contribution in [-0.2, 0) is 18.4 Å². The lowest BCUT2D eigenvalue weighted by Gasteiger charge is -2.06. The molecule has 112 valence electrons. The summed E-state index contributed by atoms with van der Waals surface area (Å²) in [6, 6.07) is 7.05. The zero-order chi connectivity index (χ0) is 15.2. The van der Waals surface area contributed by atoms with E-state index in [0.717, 1.165) is 10.9 Å². The minimum Gasteiger partial charge on any atom is -0.390 e. The Morgan fingerprint density at radius 3 is 3.00 bits per heavy atom. The van der Waals surface area contributed by atoms with Gasteiger partial charge in [0, 0.05) is 29.9 Å². The normalized spacial score (nSPS) is 10.6. The molecule has 1 amide bonds. The number of nitrogens with zero attached hydrogens (tertiary/aromatic N) is 2. The maximum atomic E-state index is 11.8. The van der Waals surface area contributed by atoms with Crippen LogP contribution in [0.3, 0.4) is 0 Å². The van der Waals surface area contributed by atoms with E-state index in [-0.39, 0.29) is 12.5 Å². The quantitative estimate of drug-likeness (QED) is 0.801. The Kier molecular flexibility index (Phi) is 5.67. The fraction of sp³-hybridized carbons (Fsp3) is 0.286. The Balaban J connectivity index is 1.80. The van der Waals surface area contributed by atoms with Crippen molar-refractivity contribution in [2.75, 3.05) is 11.1 Å². The van der Waals surface area contributed by atoms with Crippen LogP contribution in [0.25, 0.3) is 0 Å². The molecule has 0 saturated heterocycles. The van der Waals surface area contributed by atoms with Gasteiger partial charge in [-0.2, -0.15) is 0 Å². The first-order valence-electron chi connectivity index (χ1n) is 6.40. The van der Waals surface area contributed by atoms with Crippen LogP contribution in [0.1, 0.15) is 12.1 Å². The van der Waals surface area contributed by atoms with Crippen molar-refractivity contribution in [1.82, 2.24) is 9.55 Å². The van der Waals surface area contributed by atoms with E-state index in [4.69, 9.17) is 16.7 Å². The van der Waals surface area contributed by atoms with Gasteiger partial charge < -0.3 is 15.0 Å². The van der Waals surface area contributed by atoms with E-state index in [1.54, 1.807) is 30.5 Å². The van der Waals surface area contributed by atoms with Gasteiger partial charge in [0.25, 0.3) is 0 Å². The van der Waals surface area contributed by atoms with Gasteiger partial charge in [-0.15, -0.1) is 0 Å². The molecule has 0 fully saturated rings. The van der Waals surface area contributed by atoms with Crippen molar-refractivity contribution in [2.45, 2.75) is 18.2 Å². The van der Waals surface area contributed by atoms with Crippen LogP contribution in [0.2, 0.25) is 5.02 Å². The molecule has 0 unspecified atom stereocenters. The molecule has 5 nitrogen and oxygen atoms in total. The molecule has 0 saturated carbocycles. The van der Waals surface area contributed by atoms with Gasteiger partial charge in [-0.05, 0) is 18.2 Å². The molecule has 7 heteroatoms. The van der Waals surface area contributed by atoms with Crippen molar-refractivity contribution in [3.63, 3.8) is 0 Å². The number of rotatable bonds is 6. The van der Waals surface area contributed by atoms with Gasteiger partial charge in [-0.1, -0.05) is 29.4 Å². The molecule has 1 aromatic carbocycles. The van der Waals surface area contributed by atoms with Crippen molar-refractivity contribution < 1.29 is 9.90 Å². The summed E-state index contributed by atoms with van der Waals surface area (Å²) in [6.07, 6.45) is 2.01. The number of amides is 1. The highest BCUT2D eigenvalue weighted by atomic mass is 35.5. The van der Waals surface area contributed by atoms with Crippen LogP contribution in [0.15, 0.2) is 35.6 Å². The van der Waals surface area contributed by atoms with Crippen LogP contribution in [0.4, 0.5) is 5.69 Å². The van der Waals surface area contributed by atoms with Crippen molar-refractivity contribution in [2.24, 2.45) is 7.05 Å². The Bertz CT molecular complexity index is 630. The molecule has 0 atom stereocenters. The van der Waals surface area contributed by atoms with Gasteiger partial charge in [0.1, 0.15) is 0 Å². The highest BCUT2D eigenvalue weighted by Crippen LogP contribution is 2.19. The molecule has 1 heterocycles. The summed E-state index contributed by atoms with van der Waals surface area (Å²) in [4.78, 5) is 16.0. The zero-order valence-electron chi connectivity index (χ0n) is 11.5. The zero-order valence-corrected chi connectivity index (χ0v) is 13.1. The van der Waals surface area contributed by atoms with E-state index in [1.165, 1.54) is 11.8 Å². The van der Waals surface area contributed by atoms with E-state index in [9.17, 15) is 4.79 Å². The predicted molar refractivity (Wildman–Crippen MR) is 84.6 cm³/mol. The number of halogens is 1. The molecule has 0 aliphatic heterocycles. The lowest BCUT2D eigenvalue weighted by atomic mass is 10.3. The summed E-state index contributed by atoms with van der Waals surface area (Å²) < 4.78 is 1.82. The van der Waals surface area contributed by atoms with Gasteiger partial charge in [-0.25, -0.2) is 4.98 Å². The Labute approximate surface area is 132 Å². The number of aliphatic hydroxyl groups is 1. The molecule has 0 spiro atoms. The average Bonchev–Trinajstić information content (AvgIpc) is 2.79. The van der Waals surface area contributed by atoms with Gasteiger partial charge in [0.15, 0.2) is 5.16 Å². The number of anilines is 1. The number of carbonyl (C=O) groups excluding carboxylic acids is 1. The SMILES string of the molecule is Cn1c(CO)cnc1SCCC(=O)Nc1cccc(Cl)c1. The number of benzene rings is 1. The minimum atomic E-state index is -0.0682. The van der Waals surface area contributed by atoms with E-state index in [0.29, 0.717) is 22.9 Å². The monoisotopic (exact) mass is 325 g/mol. The average molecular weight is 326 g/mol. The third kappa shape index (κ3) is 4.49. The molecule has 0 aliphatic carbocycles. The number of hydrogen-bond donors (Lipinski definition) is 2. The second-order valence-corrected chi connectivity index (χ2v) is 5.90. The summed E-state index contributed by atoms with van der Waals surface area (Å²) >= 11 is 7.34. The van der Waals surface area contributed by atoms with Gasteiger partial charge in [0.2, 0.25) is 5.91 Å². The molecule has 2 rings (SSSR count). The van der Waals surface area contributed by atoms with Gasteiger partial charge in [0.05, 0.1) is 18.5 Å². The third-order valence-corrected chi connectivity index (χ3v) is 4.15. The Morgan fingerprint density at radius 1 is 1.52 bits per heavy atom. The van der Waals surface area contributed by atoms with E-state index in [2.05, 4.69) is 10.3 Å². The number of hydrogen-bond acceptors (Lipinski definition) is 4. The fourth-order valence-corrected chi connectivity index (χ4v) is 2.83. The first-order chi connectivity index (χ1) is 10.1. The lowest BCUT2D eigenvalue weighted by Crippen LogP contribution is -2.12. The maximum Gasteiger partial charge on any atom is 0.225 e. The second kappa shape index (κ2) is 7.49. The fourth-order valence-electron chi connectivity index (χ4n) is 1.73. The standard InChI is InChI=1S/C14H16ClN3O2S/c1-18-12(9-19)8-16-14(18)21-6-5-13(20)17-11-4-2-3-10(15)7-11/h2-4,7-8,19H,5-6,9H2,1H3,(H,17,20). The summed E-state index contributed by atoms with van der Waals surface area (Å²) in [7, 11) is 1.84. The van der Waals surface area contributed by atoms with Crippen molar-refractivity contribution in [3.05, 3.63) is 41.2 Å². The lowest BCUT2D eigenvalue weighted by molar-refractivity contribution is -0.115. The van der Waals surface area contributed by atoms with Crippen LogP contribution < -0.4 is 5.32 Å². The predicted octanol–water partition coefficient (Wildman–Crippen LogP) is 2.69. The number of aliphatic hydroxyl groups excluding tert-OH is 1. The molecule has 1 aromatic heterocycles. The summed E-state index contributed by atoms with van der Waals surface area (Å²) in [5.74, 6) is 0.545. The minimum absolute atomic E-state index is 0.0423. The van der Waals surface area contributed by atoms with E-state index in [1.807, 2.05) is 11.6 Å². The Morgan fingerprint density at radius 2 is 2.33 bits per heavy atom. The highest BCUT2D eigenvalue weighted by molar-refractivity contribution is 7.99. The molecule has 21 heavy (non-hydrogen) atoms. The smallest absolute Gasteiger partial charge is 0.225 e. The number of imidazole rings is 1. The third-order valence-electron chi connectivity index (χ3n) is 2.87. The Hall–Kier alpha value is -1.50. The van der Waals surface area contributed by atoms with E-state index >= 15 is 0 Å². The number of aromatic nitrogens is 2. The molecular formula is C14H16ClN3O2S. The molecule has 0 aliphatic rings. The molecule has 0 radical (unpaired) electrons. The van der Waals surface area contributed by atoms with Crippen molar-refractivity contribution >= 4 is 35.0 Å².